The van der Waals surface area contributed by atoms with Crippen molar-refractivity contribution in [3.8, 4) is 0 Å². The van der Waals surface area contributed by atoms with Crippen LogP contribution in [0.4, 0.5) is 0 Å². The highest BCUT2D eigenvalue weighted by atomic mass is 79.9. The lowest BCUT2D eigenvalue weighted by Crippen LogP contribution is -2.22. The van der Waals surface area contributed by atoms with Gasteiger partial charge in [0.25, 0.3) is 5.91 Å². The molecule has 1 aromatic heterocycles. The highest BCUT2D eigenvalue weighted by Gasteiger charge is 2.09. The van der Waals surface area contributed by atoms with E-state index >= 15 is 0 Å². The molecule has 0 bridgehead atoms. The summed E-state index contributed by atoms with van der Waals surface area (Å²) in [4.78, 5) is 22.6. The molecule has 0 radical (unpaired) electrons. The molecule has 0 aliphatic heterocycles. The van der Waals surface area contributed by atoms with Crippen LogP contribution in [0.15, 0.2) is 45.5 Å². The van der Waals surface area contributed by atoms with E-state index in [1.165, 1.54) is 0 Å². The Morgan fingerprint density at radius 2 is 1.84 bits per heavy atom. The Morgan fingerprint density at radius 3 is 2.37 bits per heavy atom. The third kappa shape index (κ3) is 3.45. The van der Waals surface area contributed by atoms with Crippen molar-refractivity contribution in [1.29, 1.82) is 0 Å². The first kappa shape index (κ1) is 13.4. The number of rotatable bonds is 4. The molecule has 3 N–H and O–H groups in total. The molecule has 19 heavy (non-hydrogen) atoms. The monoisotopic (exact) mass is 322 g/mol. The van der Waals surface area contributed by atoms with Gasteiger partial charge in [-0.05, 0) is 45.8 Å². The number of furan rings is 1. The Bertz CT molecular complexity index is 605. The summed E-state index contributed by atoms with van der Waals surface area (Å²) in [5.41, 5.74) is 6.44. The second-order valence-electron chi connectivity index (χ2n) is 3.85. The van der Waals surface area contributed by atoms with Gasteiger partial charge in [0.05, 0.1) is 0 Å². The standard InChI is InChI=1S/C13H11BrN2O3/c14-11-6-5-10(19-11)13(18)16-7-8-1-3-9(4-2-8)12(15)17/h1-6H,7H2,(H2,15,17)(H,16,18). The molecular formula is C13H11BrN2O3. The highest BCUT2D eigenvalue weighted by molar-refractivity contribution is 9.10. The zero-order chi connectivity index (χ0) is 13.8. The predicted molar refractivity (Wildman–Crippen MR) is 72.5 cm³/mol. The fraction of sp³-hybridized carbons (Fsp3) is 0.0769. The lowest BCUT2D eigenvalue weighted by Gasteiger charge is -2.04. The summed E-state index contributed by atoms with van der Waals surface area (Å²) in [5, 5.41) is 2.71. The molecule has 0 saturated heterocycles. The molecular weight excluding hydrogens is 312 g/mol. The number of nitrogens with two attached hydrogens (primary N) is 1. The summed E-state index contributed by atoms with van der Waals surface area (Å²) in [7, 11) is 0. The number of halogens is 1. The molecule has 6 heteroatoms. The zero-order valence-electron chi connectivity index (χ0n) is 9.85. The van der Waals surface area contributed by atoms with Crippen LogP contribution >= 0.6 is 15.9 Å². The molecule has 0 aliphatic carbocycles. The summed E-state index contributed by atoms with van der Waals surface area (Å²) in [6, 6.07) is 9.93. The molecule has 0 atom stereocenters. The van der Waals surface area contributed by atoms with Crippen molar-refractivity contribution in [2.45, 2.75) is 6.54 Å². The maximum atomic E-state index is 11.7. The Morgan fingerprint density at radius 1 is 1.16 bits per heavy atom. The number of carbonyl (C=O) groups excluding carboxylic acids is 2. The molecule has 0 spiro atoms. The van der Waals surface area contributed by atoms with E-state index in [0.29, 0.717) is 16.8 Å². The summed E-state index contributed by atoms with van der Waals surface area (Å²) >= 11 is 3.13. The van der Waals surface area contributed by atoms with Crippen molar-refractivity contribution in [2.75, 3.05) is 0 Å². The van der Waals surface area contributed by atoms with Gasteiger partial charge in [-0.1, -0.05) is 12.1 Å². The van der Waals surface area contributed by atoms with Gasteiger partial charge in [0.1, 0.15) is 0 Å². The molecule has 1 heterocycles. The van der Waals surface area contributed by atoms with Crippen LogP contribution in [0.5, 0.6) is 0 Å². The van der Waals surface area contributed by atoms with E-state index in [-0.39, 0.29) is 11.7 Å². The molecule has 0 fully saturated rings. The topological polar surface area (TPSA) is 85.3 Å². The maximum Gasteiger partial charge on any atom is 0.287 e. The van der Waals surface area contributed by atoms with E-state index in [1.54, 1.807) is 36.4 Å². The van der Waals surface area contributed by atoms with E-state index in [2.05, 4.69) is 21.2 Å². The minimum absolute atomic E-state index is 0.237. The molecule has 1 aromatic carbocycles. The first-order valence-corrected chi connectivity index (χ1v) is 6.28. The molecule has 0 aliphatic rings. The molecule has 98 valence electrons. The molecule has 2 amide bonds. The van der Waals surface area contributed by atoms with E-state index < -0.39 is 5.91 Å². The number of benzene rings is 1. The van der Waals surface area contributed by atoms with Gasteiger partial charge >= 0.3 is 0 Å². The third-order valence-corrected chi connectivity index (χ3v) is 2.91. The lowest BCUT2D eigenvalue weighted by molar-refractivity contribution is 0.0921. The van der Waals surface area contributed by atoms with Crippen molar-refractivity contribution in [3.05, 3.63) is 58.0 Å². The van der Waals surface area contributed by atoms with Gasteiger partial charge in [-0.3, -0.25) is 9.59 Å². The van der Waals surface area contributed by atoms with Crippen molar-refractivity contribution in [1.82, 2.24) is 5.32 Å². The third-order valence-electron chi connectivity index (χ3n) is 2.49. The van der Waals surface area contributed by atoms with Crippen LogP contribution in [-0.4, -0.2) is 11.8 Å². The Kier molecular flexibility index (Phi) is 4.01. The normalized spacial score (nSPS) is 10.2. The van der Waals surface area contributed by atoms with Gasteiger partial charge in [0.15, 0.2) is 10.4 Å². The van der Waals surface area contributed by atoms with Gasteiger partial charge < -0.3 is 15.5 Å². The van der Waals surface area contributed by atoms with E-state index in [9.17, 15) is 9.59 Å². The maximum absolute atomic E-state index is 11.7. The van der Waals surface area contributed by atoms with Crippen LogP contribution in [0.2, 0.25) is 0 Å². The average Bonchev–Trinajstić information content (AvgIpc) is 2.83. The fourth-order valence-corrected chi connectivity index (χ4v) is 1.80. The largest absolute Gasteiger partial charge is 0.444 e. The average molecular weight is 323 g/mol. The summed E-state index contributed by atoms with van der Waals surface area (Å²) in [6.07, 6.45) is 0. The Labute approximate surface area is 117 Å². The predicted octanol–water partition coefficient (Wildman–Crippen LogP) is 2.07. The Balaban J connectivity index is 1.95. The number of amides is 2. The number of nitrogens with one attached hydrogen (secondary N) is 1. The van der Waals surface area contributed by atoms with Crippen molar-refractivity contribution >= 4 is 27.7 Å². The highest BCUT2D eigenvalue weighted by Crippen LogP contribution is 2.14. The van der Waals surface area contributed by atoms with Crippen LogP contribution in [0.25, 0.3) is 0 Å². The van der Waals surface area contributed by atoms with E-state index in [0.717, 1.165) is 5.56 Å². The van der Waals surface area contributed by atoms with E-state index in [1.807, 2.05) is 0 Å². The quantitative estimate of drug-likeness (QED) is 0.903. The fourth-order valence-electron chi connectivity index (χ4n) is 1.49. The van der Waals surface area contributed by atoms with Crippen molar-refractivity contribution in [3.63, 3.8) is 0 Å². The van der Waals surface area contributed by atoms with Gasteiger partial charge in [-0.15, -0.1) is 0 Å². The van der Waals surface area contributed by atoms with Crippen molar-refractivity contribution < 1.29 is 14.0 Å². The second kappa shape index (κ2) is 5.71. The van der Waals surface area contributed by atoms with Crippen LogP contribution in [0, 0.1) is 0 Å². The number of hydrogen-bond donors (Lipinski definition) is 2. The molecule has 2 rings (SSSR count). The van der Waals surface area contributed by atoms with Crippen LogP contribution in [0.1, 0.15) is 26.5 Å². The second-order valence-corrected chi connectivity index (χ2v) is 4.63. The first-order valence-electron chi connectivity index (χ1n) is 5.48. The summed E-state index contributed by atoms with van der Waals surface area (Å²) < 4.78 is 5.63. The number of hydrogen-bond acceptors (Lipinski definition) is 3. The van der Waals surface area contributed by atoms with Gasteiger partial charge in [0, 0.05) is 12.1 Å². The lowest BCUT2D eigenvalue weighted by atomic mass is 10.1. The zero-order valence-corrected chi connectivity index (χ0v) is 11.4. The van der Waals surface area contributed by atoms with Gasteiger partial charge in [0.2, 0.25) is 5.91 Å². The van der Waals surface area contributed by atoms with E-state index in [4.69, 9.17) is 10.2 Å². The minimum atomic E-state index is -0.476. The molecule has 0 saturated carbocycles. The molecule has 0 unspecified atom stereocenters. The smallest absolute Gasteiger partial charge is 0.287 e. The first-order chi connectivity index (χ1) is 9.06. The van der Waals surface area contributed by atoms with Crippen molar-refractivity contribution in [2.24, 2.45) is 5.73 Å². The summed E-state index contributed by atoms with van der Waals surface area (Å²) in [5.74, 6) is -0.540. The molecule has 5 nitrogen and oxygen atoms in total. The van der Waals surface area contributed by atoms with Gasteiger partial charge in [-0.25, -0.2) is 0 Å². The van der Waals surface area contributed by atoms with Crippen LogP contribution < -0.4 is 11.1 Å². The van der Waals surface area contributed by atoms with Crippen LogP contribution in [0.3, 0.4) is 0 Å². The van der Waals surface area contributed by atoms with Gasteiger partial charge in [-0.2, -0.15) is 0 Å². The number of primary amides is 1. The SMILES string of the molecule is NC(=O)c1ccc(CNC(=O)c2ccc(Br)o2)cc1. The number of carbonyl (C=O) groups is 2. The molecule has 2 aromatic rings. The Hall–Kier alpha value is -2.08. The summed E-state index contributed by atoms with van der Waals surface area (Å²) in [6.45, 7) is 0.343. The minimum Gasteiger partial charge on any atom is -0.444 e. The van der Waals surface area contributed by atoms with Crippen LogP contribution in [-0.2, 0) is 6.54 Å².